The molecule has 1 aliphatic rings. The average molecular weight is 498 g/mol. The van der Waals surface area contributed by atoms with E-state index in [1.54, 1.807) is 43.6 Å². The number of para-hydroxylation sites is 2. The highest BCUT2D eigenvalue weighted by Gasteiger charge is 2.39. The number of rotatable bonds is 8. The standard InChI is InChI=1S/C24H31N7O3S/c1-28(2)12-13-29(3)21-16-22(34-5)17(14-18(21)25)15-23-26-11-10-24(27-23)31-20-9-7-6-8-19(20)30(4)35(31,32)33/h6-11,14,16H,12-13,15,25H2,1-5H3. The van der Waals surface area contributed by atoms with Crippen molar-refractivity contribution in [2.45, 2.75) is 6.42 Å². The summed E-state index contributed by atoms with van der Waals surface area (Å²) in [6.45, 7) is 1.70. The molecular formula is C24H31N7O3S. The highest BCUT2D eigenvalue weighted by Crippen LogP contribution is 2.43. The minimum Gasteiger partial charge on any atom is -0.496 e. The molecule has 3 aromatic rings. The van der Waals surface area contributed by atoms with Crippen molar-refractivity contribution >= 4 is 38.8 Å². The van der Waals surface area contributed by atoms with E-state index in [-0.39, 0.29) is 5.82 Å². The molecular weight excluding hydrogens is 466 g/mol. The lowest BCUT2D eigenvalue weighted by Crippen LogP contribution is -2.33. The van der Waals surface area contributed by atoms with Gasteiger partial charge in [-0.15, -0.1) is 0 Å². The second-order valence-corrected chi connectivity index (χ2v) is 10.5. The predicted octanol–water partition coefficient (Wildman–Crippen LogP) is 2.49. The number of aromatic nitrogens is 2. The van der Waals surface area contributed by atoms with Gasteiger partial charge >= 0.3 is 10.2 Å². The average Bonchev–Trinajstić information content (AvgIpc) is 3.03. The van der Waals surface area contributed by atoms with Crippen molar-refractivity contribution in [2.75, 3.05) is 67.6 Å². The van der Waals surface area contributed by atoms with Crippen molar-refractivity contribution in [3.8, 4) is 5.75 Å². The molecule has 0 amide bonds. The maximum absolute atomic E-state index is 13.1. The fraction of sp³-hybridized carbons (Fsp3) is 0.333. The molecule has 0 aliphatic carbocycles. The van der Waals surface area contributed by atoms with E-state index in [2.05, 4.69) is 19.8 Å². The van der Waals surface area contributed by atoms with Crippen LogP contribution in [0.5, 0.6) is 5.75 Å². The summed E-state index contributed by atoms with van der Waals surface area (Å²) in [7, 11) is 5.39. The lowest BCUT2D eigenvalue weighted by molar-refractivity contribution is 0.409. The van der Waals surface area contributed by atoms with Crippen LogP contribution >= 0.6 is 0 Å². The fourth-order valence-corrected chi connectivity index (χ4v) is 5.42. The van der Waals surface area contributed by atoms with Gasteiger partial charge in [-0.3, -0.25) is 4.31 Å². The highest BCUT2D eigenvalue weighted by molar-refractivity contribution is 7.95. The van der Waals surface area contributed by atoms with Gasteiger partial charge in [0.1, 0.15) is 11.6 Å². The normalized spacial score (nSPS) is 14.3. The van der Waals surface area contributed by atoms with Crippen LogP contribution in [0.1, 0.15) is 11.4 Å². The Morgan fingerprint density at radius 3 is 2.46 bits per heavy atom. The van der Waals surface area contributed by atoms with E-state index in [1.807, 2.05) is 33.3 Å². The van der Waals surface area contributed by atoms with Crippen molar-refractivity contribution in [1.29, 1.82) is 0 Å². The summed E-state index contributed by atoms with van der Waals surface area (Å²) in [5.74, 6) is 1.40. The minimum atomic E-state index is -3.79. The van der Waals surface area contributed by atoms with E-state index < -0.39 is 10.2 Å². The van der Waals surface area contributed by atoms with Crippen LogP contribution in [0.4, 0.5) is 28.6 Å². The van der Waals surface area contributed by atoms with Gasteiger partial charge in [0.2, 0.25) is 0 Å². The molecule has 2 heterocycles. The van der Waals surface area contributed by atoms with Crippen molar-refractivity contribution < 1.29 is 13.2 Å². The number of anilines is 5. The van der Waals surface area contributed by atoms with Gasteiger partial charge in [-0.25, -0.2) is 14.3 Å². The second-order valence-electron chi connectivity index (χ2n) is 8.68. The van der Waals surface area contributed by atoms with Crippen LogP contribution in [-0.2, 0) is 16.6 Å². The molecule has 1 aromatic heterocycles. The zero-order chi connectivity index (χ0) is 25.3. The van der Waals surface area contributed by atoms with Crippen LogP contribution < -0.4 is 24.0 Å². The Hall–Kier alpha value is -3.57. The second kappa shape index (κ2) is 9.59. The van der Waals surface area contributed by atoms with Gasteiger partial charge in [0, 0.05) is 57.5 Å². The number of methoxy groups -OCH3 is 1. The molecule has 186 valence electrons. The third kappa shape index (κ3) is 4.69. The molecule has 10 nitrogen and oxygen atoms in total. The summed E-state index contributed by atoms with van der Waals surface area (Å²) >= 11 is 0. The largest absolute Gasteiger partial charge is 0.496 e. The molecule has 11 heteroatoms. The lowest BCUT2D eigenvalue weighted by Gasteiger charge is -2.24. The van der Waals surface area contributed by atoms with E-state index in [0.29, 0.717) is 35.1 Å². The highest BCUT2D eigenvalue weighted by atomic mass is 32.2. The van der Waals surface area contributed by atoms with Gasteiger partial charge in [-0.2, -0.15) is 8.42 Å². The van der Waals surface area contributed by atoms with E-state index in [0.717, 1.165) is 24.3 Å². The van der Waals surface area contributed by atoms with E-state index in [1.165, 1.54) is 15.7 Å². The van der Waals surface area contributed by atoms with Crippen LogP contribution in [-0.4, -0.2) is 71.7 Å². The molecule has 0 spiro atoms. The summed E-state index contributed by atoms with van der Waals surface area (Å²) in [6, 6.07) is 12.5. The Balaban J connectivity index is 1.65. The number of fused-ring (bicyclic) bond motifs is 1. The molecule has 0 unspecified atom stereocenters. The molecule has 35 heavy (non-hydrogen) atoms. The Labute approximate surface area is 206 Å². The number of nitrogens with zero attached hydrogens (tertiary/aromatic N) is 6. The first-order valence-electron chi connectivity index (χ1n) is 11.2. The number of benzene rings is 2. The van der Waals surface area contributed by atoms with Gasteiger partial charge < -0.3 is 20.3 Å². The van der Waals surface area contributed by atoms with Gasteiger partial charge in [0.05, 0.1) is 29.9 Å². The fourth-order valence-electron chi connectivity index (χ4n) is 4.03. The number of nitrogens with two attached hydrogens (primary N) is 1. The van der Waals surface area contributed by atoms with Crippen molar-refractivity contribution in [2.24, 2.45) is 0 Å². The molecule has 0 radical (unpaired) electrons. The predicted molar refractivity (Wildman–Crippen MR) is 140 cm³/mol. The monoisotopic (exact) mass is 497 g/mol. The smallest absolute Gasteiger partial charge is 0.331 e. The van der Waals surface area contributed by atoms with Crippen molar-refractivity contribution in [1.82, 2.24) is 14.9 Å². The molecule has 4 rings (SSSR count). The third-order valence-electron chi connectivity index (χ3n) is 5.99. The number of hydrogen-bond donors (Lipinski definition) is 1. The van der Waals surface area contributed by atoms with E-state index >= 15 is 0 Å². The first kappa shape index (κ1) is 24.6. The molecule has 0 fully saturated rings. The quantitative estimate of drug-likeness (QED) is 0.473. The number of likely N-dealkylation sites (N-methyl/N-ethyl adjacent to an activating group) is 2. The van der Waals surface area contributed by atoms with Crippen molar-refractivity contribution in [3.63, 3.8) is 0 Å². The number of ether oxygens (including phenoxy) is 1. The van der Waals surface area contributed by atoms with Crippen LogP contribution in [0.3, 0.4) is 0 Å². The Morgan fingerprint density at radius 1 is 1.06 bits per heavy atom. The molecule has 0 saturated carbocycles. The minimum absolute atomic E-state index is 0.277. The van der Waals surface area contributed by atoms with E-state index in [9.17, 15) is 8.42 Å². The zero-order valence-electron chi connectivity index (χ0n) is 20.6. The SMILES string of the molecule is COc1cc(N(C)CCN(C)C)c(N)cc1Cc1nccc(N2c3ccccc3N(C)S2(=O)=O)n1. The summed E-state index contributed by atoms with van der Waals surface area (Å²) in [6.07, 6.45) is 1.89. The first-order chi connectivity index (χ1) is 16.6. The van der Waals surface area contributed by atoms with Crippen molar-refractivity contribution in [3.05, 3.63) is 60.0 Å². The zero-order valence-corrected chi connectivity index (χ0v) is 21.5. The number of nitrogen functional groups attached to an aromatic ring is 1. The summed E-state index contributed by atoms with van der Waals surface area (Å²) < 4.78 is 34.4. The maximum atomic E-state index is 13.1. The van der Waals surface area contributed by atoms with Crippen LogP contribution in [0.2, 0.25) is 0 Å². The maximum Gasteiger partial charge on any atom is 0.331 e. The summed E-state index contributed by atoms with van der Waals surface area (Å²) in [5.41, 5.74) is 9.85. The van der Waals surface area contributed by atoms with Gasteiger partial charge in [0.15, 0.2) is 5.82 Å². The Morgan fingerprint density at radius 2 is 1.77 bits per heavy atom. The topological polar surface area (TPSA) is 108 Å². The van der Waals surface area contributed by atoms with Gasteiger partial charge in [-0.1, -0.05) is 12.1 Å². The molecule has 0 bridgehead atoms. The first-order valence-corrected chi connectivity index (χ1v) is 12.6. The number of hydrogen-bond acceptors (Lipinski definition) is 8. The molecule has 2 aromatic carbocycles. The lowest BCUT2D eigenvalue weighted by atomic mass is 10.1. The molecule has 2 N–H and O–H groups in total. The molecule has 0 atom stereocenters. The Bertz CT molecular complexity index is 1330. The Kier molecular flexibility index (Phi) is 6.73. The third-order valence-corrected chi connectivity index (χ3v) is 7.72. The summed E-state index contributed by atoms with van der Waals surface area (Å²) in [4.78, 5) is 13.2. The van der Waals surface area contributed by atoms with Crippen LogP contribution in [0.15, 0.2) is 48.7 Å². The van der Waals surface area contributed by atoms with Crippen LogP contribution in [0.25, 0.3) is 0 Å². The van der Waals surface area contributed by atoms with Gasteiger partial charge in [-0.05, 0) is 32.3 Å². The van der Waals surface area contributed by atoms with E-state index in [4.69, 9.17) is 10.5 Å². The van der Waals surface area contributed by atoms with Crippen LogP contribution in [0, 0.1) is 0 Å². The molecule has 1 aliphatic heterocycles. The van der Waals surface area contributed by atoms with Gasteiger partial charge in [0.25, 0.3) is 0 Å². The summed E-state index contributed by atoms with van der Waals surface area (Å²) in [5, 5.41) is 0. The molecule has 0 saturated heterocycles.